The minimum absolute atomic E-state index is 0.0549. The smallest absolute Gasteiger partial charge is 0.244 e. The van der Waals surface area contributed by atoms with Crippen LogP contribution in [0.1, 0.15) is 0 Å². The first kappa shape index (κ1) is 16.1. The average molecular weight is 314 g/mol. The van der Waals surface area contributed by atoms with Gasteiger partial charge in [0.2, 0.25) is 10.0 Å². The summed E-state index contributed by atoms with van der Waals surface area (Å²) in [7, 11) is 0.393. The van der Waals surface area contributed by atoms with Gasteiger partial charge in [0.05, 0.1) is 0 Å². The van der Waals surface area contributed by atoms with Crippen molar-refractivity contribution < 1.29 is 8.42 Å². The molecule has 2 heterocycles. The van der Waals surface area contributed by atoms with Crippen molar-refractivity contribution in [2.45, 2.75) is 10.9 Å². The summed E-state index contributed by atoms with van der Waals surface area (Å²) in [5, 5.41) is 0. The van der Waals surface area contributed by atoms with Crippen molar-refractivity contribution in [3.05, 3.63) is 18.3 Å². The molecule has 1 aliphatic rings. The Morgan fingerprint density at radius 2 is 2.19 bits per heavy atom. The number of hydrogen-bond donors (Lipinski definition) is 3. The number of nitrogens with one attached hydrogen (secondary N) is 2. The molecule has 0 bridgehead atoms. The average Bonchev–Trinajstić information content (AvgIpc) is 2.48. The Labute approximate surface area is 125 Å². The highest BCUT2D eigenvalue weighted by atomic mass is 32.2. The highest BCUT2D eigenvalue weighted by Gasteiger charge is 2.25. The molecule has 1 aromatic rings. The van der Waals surface area contributed by atoms with Gasteiger partial charge in [0.25, 0.3) is 0 Å². The SMILES string of the molecule is CN1CCN(C)C(CNS(=O)(=O)c2cccnc2NN)C1. The molecule has 0 aromatic carbocycles. The molecule has 0 saturated carbocycles. The lowest BCUT2D eigenvalue weighted by Gasteiger charge is -2.37. The maximum atomic E-state index is 12.4. The van der Waals surface area contributed by atoms with Crippen molar-refractivity contribution in [2.24, 2.45) is 5.84 Å². The second kappa shape index (κ2) is 6.67. The van der Waals surface area contributed by atoms with Crippen LogP contribution in [-0.2, 0) is 10.0 Å². The van der Waals surface area contributed by atoms with Crippen LogP contribution in [0.2, 0.25) is 0 Å². The maximum absolute atomic E-state index is 12.4. The predicted molar refractivity (Wildman–Crippen MR) is 81.2 cm³/mol. The molecule has 1 atom stereocenters. The number of nitrogen functional groups attached to an aromatic ring is 1. The second-order valence-electron chi connectivity index (χ2n) is 5.24. The first-order valence-corrected chi connectivity index (χ1v) is 8.22. The summed E-state index contributed by atoms with van der Waals surface area (Å²) in [5.74, 6) is 5.44. The first-order chi connectivity index (χ1) is 9.94. The Bertz CT molecular complexity index is 579. The Morgan fingerprint density at radius 3 is 2.90 bits per heavy atom. The van der Waals surface area contributed by atoms with E-state index in [1.54, 1.807) is 6.07 Å². The van der Waals surface area contributed by atoms with E-state index in [2.05, 4.69) is 24.9 Å². The number of pyridine rings is 1. The zero-order valence-corrected chi connectivity index (χ0v) is 13.1. The number of nitrogens with two attached hydrogens (primary N) is 1. The number of rotatable bonds is 5. The summed E-state index contributed by atoms with van der Waals surface area (Å²) in [6.07, 6.45) is 1.48. The molecule has 1 saturated heterocycles. The molecule has 8 nitrogen and oxygen atoms in total. The molecular weight excluding hydrogens is 292 g/mol. The van der Waals surface area contributed by atoms with Crippen LogP contribution in [0.25, 0.3) is 0 Å². The Morgan fingerprint density at radius 1 is 1.43 bits per heavy atom. The fourth-order valence-corrected chi connectivity index (χ4v) is 3.51. The Balaban J connectivity index is 2.07. The zero-order chi connectivity index (χ0) is 15.5. The standard InChI is InChI=1S/C12H22N6O2S/c1-17-6-7-18(2)10(9-17)8-15-21(19,20)11-4-3-5-14-12(11)16-13/h3-5,10,15H,6-9,13H2,1-2H3,(H,14,16). The van der Waals surface area contributed by atoms with Crippen LogP contribution in [0.4, 0.5) is 5.82 Å². The van der Waals surface area contributed by atoms with Crippen molar-refractivity contribution in [1.29, 1.82) is 0 Å². The van der Waals surface area contributed by atoms with E-state index in [0.29, 0.717) is 6.54 Å². The summed E-state index contributed by atoms with van der Waals surface area (Å²) in [6, 6.07) is 3.18. The number of nitrogens with zero attached hydrogens (tertiary/aromatic N) is 3. The van der Waals surface area contributed by atoms with Crippen molar-refractivity contribution in [3.63, 3.8) is 0 Å². The van der Waals surface area contributed by atoms with Gasteiger partial charge in [0.15, 0.2) is 5.82 Å². The van der Waals surface area contributed by atoms with E-state index in [1.165, 1.54) is 12.3 Å². The number of anilines is 1. The van der Waals surface area contributed by atoms with Crippen molar-refractivity contribution in [2.75, 3.05) is 45.7 Å². The quantitative estimate of drug-likeness (QED) is 0.468. The fraction of sp³-hybridized carbons (Fsp3) is 0.583. The number of sulfonamides is 1. The molecule has 1 aliphatic heterocycles. The van der Waals surface area contributed by atoms with Gasteiger partial charge in [-0.25, -0.2) is 24.0 Å². The molecule has 0 amide bonds. The molecule has 4 N–H and O–H groups in total. The molecule has 9 heteroatoms. The van der Waals surface area contributed by atoms with Crippen LogP contribution in [-0.4, -0.2) is 69.5 Å². The monoisotopic (exact) mass is 314 g/mol. The van der Waals surface area contributed by atoms with Crippen molar-refractivity contribution in [3.8, 4) is 0 Å². The number of aromatic nitrogens is 1. The zero-order valence-electron chi connectivity index (χ0n) is 12.3. The molecule has 0 spiro atoms. The van der Waals surface area contributed by atoms with E-state index >= 15 is 0 Å². The van der Waals surface area contributed by atoms with Gasteiger partial charge in [-0.15, -0.1) is 0 Å². The largest absolute Gasteiger partial charge is 0.307 e. The van der Waals surface area contributed by atoms with E-state index in [4.69, 9.17) is 5.84 Å². The molecule has 1 fully saturated rings. The normalized spacial score (nSPS) is 21.4. The molecular formula is C12H22N6O2S. The summed E-state index contributed by atoms with van der Waals surface area (Å²) in [6.45, 7) is 3.09. The van der Waals surface area contributed by atoms with Gasteiger partial charge in [0, 0.05) is 38.4 Å². The van der Waals surface area contributed by atoms with Gasteiger partial charge in [-0.3, -0.25) is 4.90 Å². The van der Waals surface area contributed by atoms with Crippen LogP contribution in [0.5, 0.6) is 0 Å². The third kappa shape index (κ3) is 3.89. The van der Waals surface area contributed by atoms with E-state index in [1.807, 2.05) is 14.1 Å². The molecule has 118 valence electrons. The van der Waals surface area contributed by atoms with Gasteiger partial charge in [0.1, 0.15) is 4.90 Å². The van der Waals surface area contributed by atoms with Crippen LogP contribution < -0.4 is 16.0 Å². The van der Waals surface area contributed by atoms with E-state index in [9.17, 15) is 8.42 Å². The minimum Gasteiger partial charge on any atom is -0.307 e. The lowest BCUT2D eigenvalue weighted by molar-refractivity contribution is 0.117. The van der Waals surface area contributed by atoms with Crippen LogP contribution in [0, 0.1) is 0 Å². The number of likely N-dealkylation sites (N-methyl/N-ethyl adjacent to an activating group) is 2. The van der Waals surface area contributed by atoms with E-state index in [-0.39, 0.29) is 16.8 Å². The third-order valence-corrected chi connectivity index (χ3v) is 5.14. The van der Waals surface area contributed by atoms with Gasteiger partial charge < -0.3 is 10.3 Å². The van der Waals surface area contributed by atoms with Gasteiger partial charge in [-0.05, 0) is 26.2 Å². The first-order valence-electron chi connectivity index (χ1n) is 6.74. The van der Waals surface area contributed by atoms with Gasteiger partial charge in [-0.1, -0.05) is 0 Å². The fourth-order valence-electron chi connectivity index (χ4n) is 2.32. The van der Waals surface area contributed by atoms with E-state index < -0.39 is 10.0 Å². The van der Waals surface area contributed by atoms with Crippen molar-refractivity contribution in [1.82, 2.24) is 19.5 Å². The number of hydrazine groups is 1. The molecule has 2 rings (SSSR count). The Kier molecular flexibility index (Phi) is 5.12. The van der Waals surface area contributed by atoms with Crippen molar-refractivity contribution >= 4 is 15.8 Å². The lowest BCUT2D eigenvalue weighted by atomic mass is 10.2. The lowest BCUT2D eigenvalue weighted by Crippen LogP contribution is -2.54. The van der Waals surface area contributed by atoms with Crippen LogP contribution in [0.15, 0.2) is 23.2 Å². The highest BCUT2D eigenvalue weighted by molar-refractivity contribution is 7.89. The van der Waals surface area contributed by atoms with Crippen LogP contribution >= 0.6 is 0 Å². The number of hydrogen-bond acceptors (Lipinski definition) is 7. The Hall–Kier alpha value is -1.26. The topological polar surface area (TPSA) is 104 Å². The van der Waals surface area contributed by atoms with Crippen LogP contribution in [0.3, 0.4) is 0 Å². The molecule has 21 heavy (non-hydrogen) atoms. The molecule has 0 radical (unpaired) electrons. The molecule has 1 aromatic heterocycles. The summed E-state index contributed by atoms with van der Waals surface area (Å²) in [4.78, 5) is 8.32. The summed E-state index contributed by atoms with van der Waals surface area (Å²) >= 11 is 0. The highest BCUT2D eigenvalue weighted by Crippen LogP contribution is 2.16. The van der Waals surface area contributed by atoms with Gasteiger partial charge >= 0.3 is 0 Å². The maximum Gasteiger partial charge on any atom is 0.244 e. The summed E-state index contributed by atoms with van der Waals surface area (Å²) in [5.41, 5.74) is 2.31. The predicted octanol–water partition coefficient (Wildman–Crippen LogP) is -1.11. The third-order valence-electron chi connectivity index (χ3n) is 3.69. The molecule has 1 unspecified atom stereocenters. The van der Waals surface area contributed by atoms with Gasteiger partial charge in [-0.2, -0.15) is 0 Å². The minimum atomic E-state index is -3.64. The van der Waals surface area contributed by atoms with E-state index in [0.717, 1.165) is 19.6 Å². The number of piperazine rings is 1. The second-order valence-corrected chi connectivity index (χ2v) is 6.98. The molecule has 0 aliphatic carbocycles. The summed E-state index contributed by atoms with van der Waals surface area (Å²) < 4.78 is 27.4.